The van der Waals surface area contributed by atoms with Crippen LogP contribution in [0.2, 0.25) is 0 Å². The number of anilines is 1. The molecular formula is C23H37N7O4. The third kappa shape index (κ3) is 8.54. The van der Waals surface area contributed by atoms with Crippen LogP contribution in [0, 0.1) is 5.92 Å². The van der Waals surface area contributed by atoms with Crippen molar-refractivity contribution in [2.24, 2.45) is 33.8 Å². The maximum Gasteiger partial charge on any atom is 0.248 e. The Labute approximate surface area is 200 Å². The number of nitrogens with zero attached hydrogens (tertiary/aromatic N) is 1. The molecule has 1 aromatic rings. The Kier molecular flexibility index (Phi) is 10.6. The zero-order chi connectivity index (χ0) is 25.1. The van der Waals surface area contributed by atoms with Crippen molar-refractivity contribution in [3.63, 3.8) is 0 Å². The van der Waals surface area contributed by atoms with E-state index >= 15 is 0 Å². The molecule has 34 heavy (non-hydrogen) atoms. The number of nitrogens with one attached hydrogen (secondary N) is 2. The molecule has 10 N–H and O–H groups in total. The first kappa shape index (κ1) is 26.9. The lowest BCUT2D eigenvalue weighted by molar-refractivity contribution is -0.127. The monoisotopic (exact) mass is 475 g/mol. The molecule has 1 aliphatic rings. The third-order valence-corrected chi connectivity index (χ3v) is 5.98. The maximum atomic E-state index is 13.2. The summed E-state index contributed by atoms with van der Waals surface area (Å²) in [7, 11) is 1.43. The largest absolute Gasteiger partial charge is 0.495 e. The second-order valence-corrected chi connectivity index (χ2v) is 8.62. The number of carbonyl (C=O) groups excluding carboxylic acids is 3. The van der Waals surface area contributed by atoms with Gasteiger partial charge in [0.1, 0.15) is 11.8 Å². The molecule has 0 radical (unpaired) electrons. The molecule has 0 spiro atoms. The van der Waals surface area contributed by atoms with Gasteiger partial charge in [0.2, 0.25) is 17.7 Å². The van der Waals surface area contributed by atoms with Crippen LogP contribution in [0.5, 0.6) is 5.75 Å². The van der Waals surface area contributed by atoms with Gasteiger partial charge >= 0.3 is 0 Å². The Morgan fingerprint density at radius 1 is 1.12 bits per heavy atom. The number of rotatable bonds is 12. The highest BCUT2D eigenvalue weighted by Crippen LogP contribution is 2.29. The number of benzene rings is 1. The molecule has 2 rings (SSSR count). The van der Waals surface area contributed by atoms with Crippen LogP contribution in [0.25, 0.3) is 0 Å². The van der Waals surface area contributed by atoms with E-state index in [4.69, 9.17) is 27.7 Å². The Hall–Kier alpha value is -3.34. The fourth-order valence-corrected chi connectivity index (χ4v) is 4.08. The summed E-state index contributed by atoms with van der Waals surface area (Å²) >= 11 is 0. The predicted octanol–water partition coefficient (Wildman–Crippen LogP) is 0.569. The van der Waals surface area contributed by atoms with Gasteiger partial charge in [-0.15, -0.1) is 0 Å². The Morgan fingerprint density at radius 2 is 1.82 bits per heavy atom. The summed E-state index contributed by atoms with van der Waals surface area (Å²) in [6.07, 6.45) is 6.86. The number of nitrogens with two attached hydrogens (primary N) is 4. The highest BCUT2D eigenvalue weighted by Gasteiger charge is 2.28. The third-order valence-electron chi connectivity index (χ3n) is 5.98. The second kappa shape index (κ2) is 13.4. The molecule has 0 unspecified atom stereocenters. The Balaban J connectivity index is 2.09. The van der Waals surface area contributed by atoms with E-state index in [0.29, 0.717) is 43.2 Å². The molecule has 0 heterocycles. The first-order valence-corrected chi connectivity index (χ1v) is 11.6. The predicted molar refractivity (Wildman–Crippen MR) is 131 cm³/mol. The number of guanidine groups is 1. The van der Waals surface area contributed by atoms with Gasteiger partial charge in [0.05, 0.1) is 18.8 Å². The summed E-state index contributed by atoms with van der Waals surface area (Å²) < 4.78 is 5.30. The SMILES string of the molecule is COc1cc(C(N)=O)ccc1NC(=O)[C@H](CC1CCCCC1)NC(=O)[C@@H](N)CCCN=C(N)N. The minimum atomic E-state index is -0.791. The topological polar surface area (TPSA) is 201 Å². The summed E-state index contributed by atoms with van der Waals surface area (Å²) in [6, 6.07) is 2.95. The summed E-state index contributed by atoms with van der Waals surface area (Å²) in [4.78, 5) is 41.3. The van der Waals surface area contributed by atoms with Crippen LogP contribution in [0.15, 0.2) is 23.2 Å². The number of amides is 3. The van der Waals surface area contributed by atoms with E-state index in [1.807, 2.05) is 0 Å². The lowest BCUT2D eigenvalue weighted by Gasteiger charge is -2.27. The summed E-state index contributed by atoms with van der Waals surface area (Å²) in [5.74, 6) is -0.770. The van der Waals surface area contributed by atoms with Crippen molar-refractivity contribution in [2.75, 3.05) is 19.0 Å². The van der Waals surface area contributed by atoms with Crippen LogP contribution >= 0.6 is 0 Å². The quantitative estimate of drug-likeness (QED) is 0.144. The van der Waals surface area contributed by atoms with Crippen molar-refractivity contribution in [3.8, 4) is 5.75 Å². The molecule has 188 valence electrons. The molecule has 11 nitrogen and oxygen atoms in total. The van der Waals surface area contributed by atoms with Crippen LogP contribution in [0.1, 0.15) is 61.7 Å². The van der Waals surface area contributed by atoms with Gasteiger partial charge in [-0.2, -0.15) is 0 Å². The van der Waals surface area contributed by atoms with E-state index in [0.717, 1.165) is 25.7 Å². The molecule has 0 aromatic heterocycles. The van der Waals surface area contributed by atoms with E-state index in [-0.39, 0.29) is 17.4 Å². The van der Waals surface area contributed by atoms with Gasteiger partial charge in [0.15, 0.2) is 5.96 Å². The minimum Gasteiger partial charge on any atom is -0.495 e. The fraction of sp³-hybridized carbons (Fsp3) is 0.565. The lowest BCUT2D eigenvalue weighted by atomic mass is 9.84. The van der Waals surface area contributed by atoms with Gasteiger partial charge in [-0.1, -0.05) is 32.1 Å². The van der Waals surface area contributed by atoms with Gasteiger partial charge < -0.3 is 38.3 Å². The zero-order valence-electron chi connectivity index (χ0n) is 19.7. The summed E-state index contributed by atoms with van der Waals surface area (Å²) in [5, 5.41) is 5.63. The molecular weight excluding hydrogens is 438 g/mol. The van der Waals surface area contributed by atoms with E-state index in [2.05, 4.69) is 15.6 Å². The smallest absolute Gasteiger partial charge is 0.248 e. The highest BCUT2D eigenvalue weighted by atomic mass is 16.5. The zero-order valence-corrected chi connectivity index (χ0v) is 19.7. The summed E-state index contributed by atoms with van der Waals surface area (Å²) in [5.41, 5.74) is 22.6. The van der Waals surface area contributed by atoms with E-state index in [9.17, 15) is 14.4 Å². The van der Waals surface area contributed by atoms with Gasteiger partial charge in [-0.3, -0.25) is 19.4 Å². The van der Waals surface area contributed by atoms with Crippen LogP contribution in [0.3, 0.4) is 0 Å². The molecule has 3 amide bonds. The average Bonchev–Trinajstić information content (AvgIpc) is 2.81. The van der Waals surface area contributed by atoms with Crippen LogP contribution in [-0.4, -0.2) is 49.4 Å². The van der Waals surface area contributed by atoms with Crippen molar-refractivity contribution < 1.29 is 19.1 Å². The number of hydrogen-bond donors (Lipinski definition) is 6. The molecule has 0 aliphatic heterocycles. The van der Waals surface area contributed by atoms with Crippen molar-refractivity contribution in [2.45, 2.75) is 63.5 Å². The lowest BCUT2D eigenvalue weighted by Crippen LogP contribution is -2.50. The first-order valence-electron chi connectivity index (χ1n) is 11.6. The molecule has 1 aromatic carbocycles. The van der Waals surface area contributed by atoms with E-state index in [1.165, 1.54) is 25.7 Å². The van der Waals surface area contributed by atoms with Crippen molar-refractivity contribution in [3.05, 3.63) is 23.8 Å². The van der Waals surface area contributed by atoms with Crippen LogP contribution in [0.4, 0.5) is 5.69 Å². The van der Waals surface area contributed by atoms with Gasteiger partial charge in [-0.05, 0) is 43.4 Å². The number of ether oxygens (including phenoxy) is 1. The van der Waals surface area contributed by atoms with Gasteiger partial charge in [-0.25, -0.2) is 0 Å². The Bertz CT molecular complexity index is 880. The molecule has 2 atom stereocenters. The van der Waals surface area contributed by atoms with Crippen molar-refractivity contribution in [1.29, 1.82) is 0 Å². The molecule has 1 fully saturated rings. The standard InChI is InChI=1S/C23H37N7O4/c1-34-19-13-15(20(25)31)9-10-17(19)29-22(33)18(12-14-6-3-2-4-7-14)30-21(32)16(24)8-5-11-28-23(26)27/h9-10,13-14,16,18H,2-8,11-12,24H2,1H3,(H2,25,31)(H,29,33)(H,30,32)(H4,26,27,28)/t16-,18-/m0/s1. The second-order valence-electron chi connectivity index (χ2n) is 8.62. The normalized spacial score (nSPS) is 15.6. The number of carbonyl (C=O) groups is 3. The van der Waals surface area contributed by atoms with E-state index < -0.39 is 23.9 Å². The number of primary amides is 1. The summed E-state index contributed by atoms with van der Waals surface area (Å²) in [6.45, 7) is 0.371. The van der Waals surface area contributed by atoms with Crippen molar-refractivity contribution >= 4 is 29.4 Å². The average molecular weight is 476 g/mol. The number of aliphatic imine (C=N–C) groups is 1. The molecule has 0 bridgehead atoms. The highest BCUT2D eigenvalue weighted by molar-refractivity contribution is 6.00. The number of methoxy groups -OCH3 is 1. The van der Waals surface area contributed by atoms with Gasteiger partial charge in [0, 0.05) is 12.1 Å². The first-order chi connectivity index (χ1) is 16.2. The van der Waals surface area contributed by atoms with Crippen molar-refractivity contribution in [1.82, 2.24) is 5.32 Å². The maximum absolute atomic E-state index is 13.2. The molecule has 11 heteroatoms. The van der Waals surface area contributed by atoms with Crippen LogP contribution in [-0.2, 0) is 9.59 Å². The molecule has 1 saturated carbocycles. The van der Waals surface area contributed by atoms with Gasteiger partial charge in [0.25, 0.3) is 0 Å². The Morgan fingerprint density at radius 3 is 2.44 bits per heavy atom. The fourth-order valence-electron chi connectivity index (χ4n) is 4.08. The number of hydrogen-bond acceptors (Lipinski definition) is 6. The molecule has 0 saturated heterocycles. The van der Waals surface area contributed by atoms with E-state index in [1.54, 1.807) is 6.07 Å². The van der Waals surface area contributed by atoms with Crippen LogP contribution < -0.4 is 38.3 Å². The minimum absolute atomic E-state index is 0.0125. The molecule has 1 aliphatic carbocycles.